The summed E-state index contributed by atoms with van der Waals surface area (Å²) in [5.41, 5.74) is 2.43. The lowest BCUT2D eigenvalue weighted by molar-refractivity contribution is 0.0383. The minimum atomic E-state index is -0.434. The second-order valence-corrected chi connectivity index (χ2v) is 8.74. The Hall–Kier alpha value is -3.27. The quantitative estimate of drug-likeness (QED) is 0.539. The molecule has 2 aliphatic rings. The number of hydrogen-bond donors (Lipinski definition) is 2. The second-order valence-electron chi connectivity index (χ2n) is 8.30. The zero-order valence-electron chi connectivity index (χ0n) is 19.0. The van der Waals surface area contributed by atoms with Gasteiger partial charge in [-0.3, -0.25) is 14.7 Å². The number of amides is 1. The Morgan fingerprint density at radius 2 is 2.00 bits per heavy atom. The van der Waals surface area contributed by atoms with Crippen molar-refractivity contribution in [3.8, 4) is 28.1 Å². The predicted octanol–water partition coefficient (Wildman–Crippen LogP) is 3.47. The molecule has 0 aliphatic carbocycles. The minimum absolute atomic E-state index is 0.212. The highest BCUT2D eigenvalue weighted by Gasteiger charge is 2.22. The summed E-state index contributed by atoms with van der Waals surface area (Å²) in [7, 11) is 0. The molecule has 35 heavy (non-hydrogen) atoms. The summed E-state index contributed by atoms with van der Waals surface area (Å²) in [5, 5.41) is 6.57. The molecule has 0 atom stereocenters. The number of nitrogens with zero attached hydrogens (tertiary/aromatic N) is 3. The fourth-order valence-electron chi connectivity index (χ4n) is 4.13. The van der Waals surface area contributed by atoms with Crippen LogP contribution in [0.15, 0.2) is 42.7 Å². The maximum atomic E-state index is 14.6. The largest absolute Gasteiger partial charge is 0.487 e. The molecule has 1 fully saturated rings. The number of aromatic nitrogens is 2. The van der Waals surface area contributed by atoms with E-state index in [2.05, 4.69) is 25.5 Å². The van der Waals surface area contributed by atoms with E-state index in [1.165, 1.54) is 24.4 Å². The zero-order valence-corrected chi connectivity index (χ0v) is 19.8. The van der Waals surface area contributed by atoms with Gasteiger partial charge in [0.15, 0.2) is 11.6 Å². The number of benzene rings is 1. The van der Waals surface area contributed by atoms with E-state index in [-0.39, 0.29) is 11.5 Å². The van der Waals surface area contributed by atoms with Crippen LogP contribution in [0.4, 0.5) is 10.2 Å². The summed E-state index contributed by atoms with van der Waals surface area (Å²) >= 11 is 6.12. The van der Waals surface area contributed by atoms with E-state index < -0.39 is 5.82 Å². The van der Waals surface area contributed by atoms with Crippen molar-refractivity contribution in [1.82, 2.24) is 20.2 Å². The number of morpholine rings is 1. The van der Waals surface area contributed by atoms with Crippen molar-refractivity contribution in [2.75, 3.05) is 57.9 Å². The highest BCUT2D eigenvalue weighted by Crippen LogP contribution is 2.40. The number of anilines is 1. The molecule has 182 valence electrons. The third-order valence-electron chi connectivity index (χ3n) is 5.95. The molecule has 8 nitrogen and oxygen atoms in total. The Morgan fingerprint density at radius 3 is 2.86 bits per heavy atom. The van der Waals surface area contributed by atoms with E-state index in [9.17, 15) is 9.18 Å². The lowest BCUT2D eigenvalue weighted by atomic mass is 10.0. The fourth-order valence-corrected chi connectivity index (χ4v) is 4.31. The first-order valence-corrected chi connectivity index (χ1v) is 11.9. The average molecular weight is 498 g/mol. The molecule has 0 radical (unpaired) electrons. The molecule has 2 N–H and O–H groups in total. The number of hydrogen-bond acceptors (Lipinski definition) is 7. The van der Waals surface area contributed by atoms with Crippen molar-refractivity contribution in [3.63, 3.8) is 0 Å². The predicted molar refractivity (Wildman–Crippen MR) is 131 cm³/mol. The average Bonchev–Trinajstić information content (AvgIpc) is 2.90. The summed E-state index contributed by atoms with van der Waals surface area (Å²) in [5.74, 6) is 0.393. The van der Waals surface area contributed by atoms with Gasteiger partial charge in [-0.1, -0.05) is 11.6 Å². The molecule has 0 saturated carbocycles. The van der Waals surface area contributed by atoms with Crippen molar-refractivity contribution < 1.29 is 18.7 Å². The lowest BCUT2D eigenvalue weighted by Crippen LogP contribution is -2.41. The number of nitrogens with one attached hydrogen (secondary N) is 2. The van der Waals surface area contributed by atoms with Crippen LogP contribution in [0.1, 0.15) is 10.4 Å². The van der Waals surface area contributed by atoms with Crippen LogP contribution >= 0.6 is 11.6 Å². The fraction of sp³-hybridized carbons (Fsp3) is 0.320. The molecule has 1 saturated heterocycles. The van der Waals surface area contributed by atoms with Gasteiger partial charge in [-0.15, -0.1) is 0 Å². The molecular formula is C25H25ClFN5O3. The lowest BCUT2D eigenvalue weighted by Gasteiger charge is -2.26. The molecule has 1 amide bonds. The van der Waals surface area contributed by atoms with Gasteiger partial charge < -0.3 is 20.1 Å². The van der Waals surface area contributed by atoms with Gasteiger partial charge in [0, 0.05) is 60.3 Å². The second kappa shape index (κ2) is 10.6. The molecule has 0 bridgehead atoms. The van der Waals surface area contributed by atoms with E-state index in [0.717, 1.165) is 19.6 Å². The van der Waals surface area contributed by atoms with Gasteiger partial charge in [0.1, 0.15) is 12.4 Å². The maximum absolute atomic E-state index is 14.6. The summed E-state index contributed by atoms with van der Waals surface area (Å²) < 4.78 is 25.9. The number of fused-ring (bicyclic) bond motifs is 1. The smallest absolute Gasteiger partial charge is 0.252 e. The van der Waals surface area contributed by atoms with E-state index in [4.69, 9.17) is 21.1 Å². The van der Waals surface area contributed by atoms with Gasteiger partial charge in [0.25, 0.3) is 5.91 Å². The van der Waals surface area contributed by atoms with Crippen molar-refractivity contribution in [2.45, 2.75) is 0 Å². The van der Waals surface area contributed by atoms with Crippen LogP contribution in [-0.4, -0.2) is 73.3 Å². The van der Waals surface area contributed by atoms with E-state index >= 15 is 0 Å². The number of ether oxygens (including phenoxy) is 2. The van der Waals surface area contributed by atoms with Gasteiger partial charge in [0.2, 0.25) is 0 Å². The van der Waals surface area contributed by atoms with Gasteiger partial charge in [-0.25, -0.2) is 9.37 Å². The van der Waals surface area contributed by atoms with E-state index in [1.54, 1.807) is 18.3 Å². The van der Waals surface area contributed by atoms with E-state index in [0.29, 0.717) is 71.9 Å². The van der Waals surface area contributed by atoms with Gasteiger partial charge in [-0.2, -0.15) is 0 Å². The molecule has 2 aromatic heterocycles. The SMILES string of the molecule is O=C(NCCN1CCOCC1)c1cncc(-c2cc(-c3cc(Cl)ccc3F)nc3c2OCCN3)c1. The van der Waals surface area contributed by atoms with Crippen molar-refractivity contribution >= 4 is 23.3 Å². The normalized spacial score (nSPS) is 15.6. The van der Waals surface area contributed by atoms with Crippen molar-refractivity contribution in [2.24, 2.45) is 0 Å². The molecule has 0 spiro atoms. The molecule has 2 aliphatic heterocycles. The van der Waals surface area contributed by atoms with E-state index in [1.807, 2.05) is 0 Å². The third kappa shape index (κ3) is 5.37. The maximum Gasteiger partial charge on any atom is 0.252 e. The first kappa shape index (κ1) is 23.5. The van der Waals surface area contributed by atoms with Crippen molar-refractivity contribution in [3.05, 3.63) is 59.1 Å². The standard InChI is InChI=1S/C25H25ClFN5O3/c26-18-1-2-21(27)20(12-18)22-13-19(23-24(31-22)29-4-8-35-23)16-11-17(15-28-14-16)25(33)30-3-5-32-6-9-34-10-7-32/h1-2,11-15H,3-10H2,(H,29,31)(H,30,33). The summed E-state index contributed by atoms with van der Waals surface area (Å²) in [6.45, 7) is 5.48. The van der Waals surface area contributed by atoms with Crippen LogP contribution in [-0.2, 0) is 4.74 Å². The topological polar surface area (TPSA) is 88.6 Å². The number of carbonyl (C=O) groups is 1. The molecule has 5 rings (SSSR count). The Labute approximate surface area is 207 Å². The Bertz CT molecular complexity index is 1240. The van der Waals surface area contributed by atoms with Gasteiger partial charge >= 0.3 is 0 Å². The van der Waals surface area contributed by atoms with Crippen LogP contribution in [0.3, 0.4) is 0 Å². The molecule has 1 aromatic carbocycles. The molecule has 0 unspecified atom stereocenters. The monoisotopic (exact) mass is 497 g/mol. The Kier molecular flexibility index (Phi) is 7.08. The van der Waals surface area contributed by atoms with Crippen LogP contribution in [0.25, 0.3) is 22.4 Å². The Balaban J connectivity index is 1.42. The highest BCUT2D eigenvalue weighted by atomic mass is 35.5. The van der Waals surface area contributed by atoms with Crippen LogP contribution in [0.5, 0.6) is 5.75 Å². The molecular weight excluding hydrogens is 473 g/mol. The molecule has 4 heterocycles. The Morgan fingerprint density at radius 1 is 1.14 bits per heavy atom. The first-order chi connectivity index (χ1) is 17.1. The number of pyridine rings is 2. The van der Waals surface area contributed by atoms with Gasteiger partial charge in [0.05, 0.1) is 31.0 Å². The molecule has 10 heteroatoms. The molecule has 3 aromatic rings. The van der Waals surface area contributed by atoms with Crippen molar-refractivity contribution in [1.29, 1.82) is 0 Å². The number of rotatable bonds is 6. The number of halogens is 2. The summed E-state index contributed by atoms with van der Waals surface area (Å²) in [6.07, 6.45) is 3.17. The van der Waals surface area contributed by atoms with Gasteiger partial charge in [-0.05, 0) is 30.3 Å². The summed E-state index contributed by atoms with van der Waals surface area (Å²) in [4.78, 5) is 23.9. The van der Waals surface area contributed by atoms with Crippen LogP contribution in [0, 0.1) is 5.82 Å². The minimum Gasteiger partial charge on any atom is -0.487 e. The third-order valence-corrected chi connectivity index (χ3v) is 6.18. The zero-order chi connectivity index (χ0) is 24.2. The summed E-state index contributed by atoms with van der Waals surface area (Å²) in [6, 6.07) is 7.83. The first-order valence-electron chi connectivity index (χ1n) is 11.5. The highest BCUT2D eigenvalue weighted by molar-refractivity contribution is 6.30. The van der Waals surface area contributed by atoms with Crippen LogP contribution in [0.2, 0.25) is 5.02 Å². The van der Waals surface area contributed by atoms with Crippen LogP contribution < -0.4 is 15.4 Å². The number of carbonyl (C=O) groups excluding carboxylic acids is 1.